The molecule has 1 aliphatic rings. The summed E-state index contributed by atoms with van der Waals surface area (Å²) in [6.45, 7) is 0.332. The minimum atomic E-state index is -0.676. The highest BCUT2D eigenvalue weighted by molar-refractivity contribution is 5.40. The number of aliphatic hydroxyl groups is 1. The Labute approximate surface area is 110 Å². The molecule has 0 aliphatic carbocycles. The van der Waals surface area contributed by atoms with Crippen LogP contribution in [0.5, 0.6) is 11.5 Å². The van der Waals surface area contributed by atoms with Crippen LogP contribution in [0.2, 0.25) is 0 Å². The van der Waals surface area contributed by atoms with Crippen LogP contribution in [0.3, 0.4) is 0 Å². The number of nitrogens with zero attached hydrogens (tertiary/aromatic N) is 3. The minimum Gasteiger partial charge on any atom is -0.486 e. The van der Waals surface area contributed by atoms with E-state index in [0.29, 0.717) is 24.5 Å². The Morgan fingerprint density at radius 2 is 2.21 bits per heavy atom. The second-order valence-electron chi connectivity index (χ2n) is 4.57. The van der Waals surface area contributed by atoms with Gasteiger partial charge in [0.2, 0.25) is 0 Å². The summed E-state index contributed by atoms with van der Waals surface area (Å²) in [5.41, 5.74) is 0.734. The quantitative estimate of drug-likeness (QED) is 0.874. The first-order valence-corrected chi connectivity index (χ1v) is 6.14. The number of benzene rings is 1. The molecule has 2 atom stereocenters. The van der Waals surface area contributed by atoms with Gasteiger partial charge in [0, 0.05) is 19.7 Å². The lowest BCUT2D eigenvalue weighted by molar-refractivity contribution is -0.00982. The van der Waals surface area contributed by atoms with Gasteiger partial charge in [-0.15, -0.1) is 5.10 Å². The minimum absolute atomic E-state index is 0.332. The van der Waals surface area contributed by atoms with Crippen molar-refractivity contribution in [1.82, 2.24) is 15.0 Å². The standard InChI is InChI=1S/C13H15N3O3/c1-16-7-9(14-15-16)6-10(17)13-8-18-11-4-2-3-5-12(11)19-13/h2-5,7,10,13,17H,6,8H2,1H3. The first-order chi connectivity index (χ1) is 9.22. The van der Waals surface area contributed by atoms with Crippen LogP contribution >= 0.6 is 0 Å². The Kier molecular flexibility index (Phi) is 3.08. The predicted octanol–water partition coefficient (Wildman–Crippen LogP) is 0.558. The molecule has 1 aliphatic heterocycles. The fraction of sp³-hybridized carbons (Fsp3) is 0.385. The Morgan fingerprint density at radius 3 is 2.95 bits per heavy atom. The molecule has 6 heteroatoms. The molecule has 0 bridgehead atoms. The van der Waals surface area contributed by atoms with Gasteiger partial charge in [-0.3, -0.25) is 4.68 Å². The fourth-order valence-corrected chi connectivity index (χ4v) is 2.06. The van der Waals surface area contributed by atoms with Crippen LogP contribution < -0.4 is 9.47 Å². The lowest BCUT2D eigenvalue weighted by Crippen LogP contribution is -2.40. The highest BCUT2D eigenvalue weighted by atomic mass is 16.6. The second kappa shape index (κ2) is 4.89. The molecule has 2 heterocycles. The Morgan fingerprint density at radius 1 is 1.42 bits per heavy atom. The van der Waals surface area contributed by atoms with Gasteiger partial charge in [0.1, 0.15) is 6.61 Å². The van der Waals surface area contributed by atoms with Crippen LogP contribution in [0.25, 0.3) is 0 Å². The zero-order chi connectivity index (χ0) is 13.2. The summed E-state index contributed by atoms with van der Waals surface area (Å²) < 4.78 is 12.9. The van der Waals surface area contributed by atoms with Gasteiger partial charge in [0.25, 0.3) is 0 Å². The van der Waals surface area contributed by atoms with Crippen LogP contribution in [0, 0.1) is 0 Å². The first-order valence-electron chi connectivity index (χ1n) is 6.14. The lowest BCUT2D eigenvalue weighted by atomic mass is 10.1. The van der Waals surface area contributed by atoms with E-state index in [0.717, 1.165) is 5.69 Å². The van der Waals surface area contributed by atoms with Crippen molar-refractivity contribution in [2.75, 3.05) is 6.61 Å². The van der Waals surface area contributed by atoms with E-state index in [1.807, 2.05) is 24.3 Å². The number of aliphatic hydroxyl groups excluding tert-OH is 1. The van der Waals surface area contributed by atoms with Gasteiger partial charge in [-0.1, -0.05) is 17.3 Å². The van der Waals surface area contributed by atoms with Crippen molar-refractivity contribution in [3.05, 3.63) is 36.2 Å². The molecule has 1 N–H and O–H groups in total. The summed E-state index contributed by atoms with van der Waals surface area (Å²) in [6.07, 6.45) is 1.10. The average Bonchev–Trinajstić information content (AvgIpc) is 2.83. The van der Waals surface area contributed by atoms with Crippen LogP contribution in [0.4, 0.5) is 0 Å². The van der Waals surface area contributed by atoms with Crippen molar-refractivity contribution in [2.45, 2.75) is 18.6 Å². The van der Waals surface area contributed by atoms with E-state index in [-0.39, 0.29) is 0 Å². The second-order valence-corrected chi connectivity index (χ2v) is 4.57. The Bertz CT molecular complexity index is 570. The van der Waals surface area contributed by atoms with E-state index in [9.17, 15) is 5.11 Å². The van der Waals surface area contributed by atoms with Crippen LogP contribution in [0.15, 0.2) is 30.5 Å². The van der Waals surface area contributed by atoms with Gasteiger partial charge < -0.3 is 14.6 Å². The number of aryl methyl sites for hydroxylation is 1. The molecule has 6 nitrogen and oxygen atoms in total. The Hall–Kier alpha value is -2.08. The third kappa shape index (κ3) is 2.53. The van der Waals surface area contributed by atoms with Gasteiger partial charge >= 0.3 is 0 Å². The number of para-hydroxylation sites is 2. The monoisotopic (exact) mass is 261 g/mol. The summed E-state index contributed by atoms with van der Waals surface area (Å²) >= 11 is 0. The molecule has 1 aromatic heterocycles. The summed E-state index contributed by atoms with van der Waals surface area (Å²) in [5, 5.41) is 18.0. The van der Waals surface area contributed by atoms with E-state index < -0.39 is 12.2 Å². The smallest absolute Gasteiger partial charge is 0.161 e. The SMILES string of the molecule is Cn1cc(CC(O)C2COc3ccccc3O2)nn1. The van der Waals surface area contributed by atoms with Crippen molar-refractivity contribution in [2.24, 2.45) is 7.05 Å². The Balaban J connectivity index is 1.67. The summed E-state index contributed by atoms with van der Waals surface area (Å²) in [6, 6.07) is 7.44. The number of rotatable bonds is 3. The maximum absolute atomic E-state index is 10.2. The van der Waals surface area contributed by atoms with Gasteiger partial charge in [-0.2, -0.15) is 0 Å². The average molecular weight is 261 g/mol. The molecule has 0 radical (unpaired) electrons. The normalized spacial score (nSPS) is 19.2. The molecular formula is C13H15N3O3. The molecule has 2 aromatic rings. The third-order valence-corrected chi connectivity index (χ3v) is 3.03. The number of hydrogen-bond donors (Lipinski definition) is 1. The molecule has 0 amide bonds. The zero-order valence-electron chi connectivity index (χ0n) is 10.6. The van der Waals surface area contributed by atoms with Crippen molar-refractivity contribution in [3.63, 3.8) is 0 Å². The summed E-state index contributed by atoms with van der Waals surface area (Å²) in [5.74, 6) is 1.38. The van der Waals surface area contributed by atoms with Gasteiger partial charge in [0.15, 0.2) is 17.6 Å². The molecular weight excluding hydrogens is 246 g/mol. The van der Waals surface area contributed by atoms with Crippen molar-refractivity contribution in [1.29, 1.82) is 0 Å². The van der Waals surface area contributed by atoms with Crippen molar-refractivity contribution >= 4 is 0 Å². The molecule has 19 heavy (non-hydrogen) atoms. The van der Waals surface area contributed by atoms with Gasteiger partial charge in [0.05, 0.1) is 11.8 Å². The zero-order valence-corrected chi connectivity index (χ0v) is 10.6. The molecule has 3 rings (SSSR count). The number of hydrogen-bond acceptors (Lipinski definition) is 5. The van der Waals surface area contributed by atoms with Gasteiger partial charge in [-0.05, 0) is 12.1 Å². The highest BCUT2D eigenvalue weighted by Gasteiger charge is 2.28. The lowest BCUT2D eigenvalue weighted by Gasteiger charge is -2.29. The largest absolute Gasteiger partial charge is 0.486 e. The van der Waals surface area contributed by atoms with E-state index >= 15 is 0 Å². The number of ether oxygens (including phenoxy) is 2. The van der Waals surface area contributed by atoms with E-state index in [2.05, 4.69) is 10.3 Å². The molecule has 100 valence electrons. The summed E-state index contributed by atoms with van der Waals surface area (Å²) in [7, 11) is 1.79. The molecule has 0 fully saturated rings. The first kappa shape index (κ1) is 12.0. The molecule has 0 saturated carbocycles. The molecule has 2 unspecified atom stereocenters. The van der Waals surface area contributed by atoms with Crippen LogP contribution in [0.1, 0.15) is 5.69 Å². The highest BCUT2D eigenvalue weighted by Crippen LogP contribution is 2.31. The van der Waals surface area contributed by atoms with E-state index in [4.69, 9.17) is 9.47 Å². The van der Waals surface area contributed by atoms with Gasteiger partial charge in [-0.25, -0.2) is 0 Å². The number of fused-ring (bicyclic) bond motifs is 1. The predicted molar refractivity (Wildman–Crippen MR) is 67.1 cm³/mol. The maximum Gasteiger partial charge on any atom is 0.161 e. The van der Waals surface area contributed by atoms with Crippen molar-refractivity contribution < 1.29 is 14.6 Å². The van der Waals surface area contributed by atoms with E-state index in [1.54, 1.807) is 17.9 Å². The molecule has 0 saturated heterocycles. The van der Waals surface area contributed by atoms with Crippen molar-refractivity contribution in [3.8, 4) is 11.5 Å². The maximum atomic E-state index is 10.2. The van der Waals surface area contributed by atoms with Crippen LogP contribution in [-0.4, -0.2) is 38.9 Å². The molecule has 0 spiro atoms. The summed E-state index contributed by atoms with van der Waals surface area (Å²) in [4.78, 5) is 0. The topological polar surface area (TPSA) is 69.4 Å². The fourth-order valence-electron chi connectivity index (χ4n) is 2.06. The molecule has 1 aromatic carbocycles. The number of aromatic nitrogens is 3. The van der Waals surface area contributed by atoms with E-state index in [1.165, 1.54) is 0 Å². The third-order valence-electron chi connectivity index (χ3n) is 3.03. The van der Waals surface area contributed by atoms with Crippen LogP contribution in [-0.2, 0) is 13.5 Å².